The first-order valence-electron chi connectivity index (χ1n) is 7.15. The van der Waals surface area contributed by atoms with Crippen molar-refractivity contribution in [3.8, 4) is 11.8 Å². The number of hydrogen-bond acceptors (Lipinski definition) is 2. The number of halogens is 1. The summed E-state index contributed by atoms with van der Waals surface area (Å²) in [6, 6.07) is 0. The van der Waals surface area contributed by atoms with Gasteiger partial charge in [0.15, 0.2) is 5.78 Å². The van der Waals surface area contributed by atoms with E-state index in [1.165, 1.54) is 0 Å². The minimum Gasteiger partial charge on any atom is -1.00 e. The van der Waals surface area contributed by atoms with Gasteiger partial charge in [0.05, 0.1) is 20.6 Å². The molecule has 0 heterocycles. The Bertz CT molecular complexity index is 344. The Morgan fingerprint density at radius 1 is 1.10 bits per heavy atom. The number of Topliss-reactive ketones (excluding diaryl/α,β-unsaturated/α-hetero) is 1. The Hall–Kier alpha value is -0.370. The molecule has 0 saturated carbocycles. The van der Waals surface area contributed by atoms with Gasteiger partial charge < -0.3 is 21.5 Å². The molecule has 20 heavy (non-hydrogen) atoms. The fraction of sp³-hybridized carbons (Fsp3) is 0.812. The molecule has 0 aromatic heterocycles. The number of ketones is 1. The summed E-state index contributed by atoms with van der Waals surface area (Å²) in [6.45, 7) is 14.4. The number of hydrogen-bond donors (Lipinski definition) is 0. The third-order valence-corrected chi connectivity index (χ3v) is 3.24. The summed E-state index contributed by atoms with van der Waals surface area (Å²) in [5.41, 5.74) is -0.260. The second-order valence-corrected chi connectivity index (χ2v) is 6.74. The van der Waals surface area contributed by atoms with Gasteiger partial charge in [-0.25, -0.2) is 0 Å². The van der Waals surface area contributed by atoms with Gasteiger partial charge in [0.25, 0.3) is 0 Å². The fourth-order valence-corrected chi connectivity index (χ4v) is 1.57. The molecule has 0 unspecified atom stereocenters. The monoisotopic (exact) mass is 346 g/mol. The number of carbonyl (C=O) groups is 1. The van der Waals surface area contributed by atoms with Crippen LogP contribution < -0.4 is 17.0 Å². The lowest BCUT2D eigenvalue weighted by Gasteiger charge is -2.29. The molecule has 0 atom stereocenters. The SMILES string of the molecule is CCN(CC)CC#CC[N+](C)(C)CC(=O)C(C)(C)C.[Br-]. The molecule has 0 aliphatic heterocycles. The Balaban J connectivity index is 0. The predicted octanol–water partition coefficient (Wildman–Crippen LogP) is -0.973. The zero-order valence-corrected chi connectivity index (χ0v) is 15.8. The highest BCUT2D eigenvalue weighted by atomic mass is 79.9. The number of carbonyl (C=O) groups excluding carboxylic acids is 1. The van der Waals surface area contributed by atoms with E-state index in [4.69, 9.17) is 0 Å². The van der Waals surface area contributed by atoms with Crippen molar-refractivity contribution in [3.63, 3.8) is 0 Å². The van der Waals surface area contributed by atoms with Crippen molar-refractivity contribution in [1.29, 1.82) is 0 Å². The van der Waals surface area contributed by atoms with Gasteiger partial charge >= 0.3 is 0 Å². The molecule has 0 saturated heterocycles. The summed E-state index contributed by atoms with van der Waals surface area (Å²) in [6.07, 6.45) is 0. The maximum atomic E-state index is 12.0. The van der Waals surface area contributed by atoms with Crippen LogP contribution in [0.15, 0.2) is 0 Å². The number of quaternary nitrogens is 1. The quantitative estimate of drug-likeness (QED) is 0.455. The maximum Gasteiger partial charge on any atom is 0.192 e. The molecular formula is C16H31BrN2O. The molecule has 0 aromatic carbocycles. The largest absolute Gasteiger partial charge is 1.00 e. The van der Waals surface area contributed by atoms with Crippen LogP contribution in [-0.2, 0) is 4.79 Å². The minimum absolute atomic E-state index is 0. The van der Waals surface area contributed by atoms with Gasteiger partial charge in [0.1, 0.15) is 13.1 Å². The third kappa shape index (κ3) is 9.52. The summed E-state index contributed by atoms with van der Waals surface area (Å²) in [4.78, 5) is 14.3. The average Bonchev–Trinajstić information content (AvgIpc) is 2.27. The van der Waals surface area contributed by atoms with Crippen LogP contribution in [0.2, 0.25) is 0 Å². The van der Waals surface area contributed by atoms with Gasteiger partial charge in [-0.05, 0) is 19.0 Å². The topological polar surface area (TPSA) is 20.3 Å². The van der Waals surface area contributed by atoms with Gasteiger partial charge in [0.2, 0.25) is 0 Å². The molecule has 4 heteroatoms. The summed E-state index contributed by atoms with van der Waals surface area (Å²) in [5, 5.41) is 0. The molecule has 0 radical (unpaired) electrons. The Labute approximate surface area is 136 Å². The lowest BCUT2D eigenvalue weighted by Crippen LogP contribution is -3.00. The van der Waals surface area contributed by atoms with E-state index >= 15 is 0 Å². The van der Waals surface area contributed by atoms with Crippen molar-refractivity contribution < 1.29 is 26.3 Å². The van der Waals surface area contributed by atoms with Crippen LogP contribution in [0.25, 0.3) is 0 Å². The van der Waals surface area contributed by atoms with Crippen LogP contribution >= 0.6 is 0 Å². The van der Waals surface area contributed by atoms with E-state index in [0.717, 1.165) is 26.2 Å². The van der Waals surface area contributed by atoms with E-state index < -0.39 is 0 Å². The second kappa shape index (κ2) is 9.55. The molecule has 0 aliphatic rings. The van der Waals surface area contributed by atoms with Gasteiger partial charge in [-0.1, -0.05) is 40.5 Å². The van der Waals surface area contributed by atoms with Crippen LogP contribution in [0.4, 0.5) is 0 Å². The molecular weight excluding hydrogens is 316 g/mol. The Morgan fingerprint density at radius 3 is 2.00 bits per heavy atom. The van der Waals surface area contributed by atoms with Gasteiger partial charge in [-0.15, -0.1) is 0 Å². The summed E-state index contributed by atoms with van der Waals surface area (Å²) < 4.78 is 0.640. The minimum atomic E-state index is -0.260. The van der Waals surface area contributed by atoms with Crippen LogP contribution in [0.1, 0.15) is 34.6 Å². The maximum absolute atomic E-state index is 12.0. The lowest BCUT2D eigenvalue weighted by molar-refractivity contribution is -0.875. The molecule has 0 fully saturated rings. The first-order chi connectivity index (χ1) is 8.62. The van der Waals surface area contributed by atoms with Crippen LogP contribution in [0.5, 0.6) is 0 Å². The smallest absolute Gasteiger partial charge is 0.192 e. The fourth-order valence-electron chi connectivity index (χ4n) is 1.57. The molecule has 0 aromatic rings. The number of likely N-dealkylation sites (N-methyl/N-ethyl adjacent to an activating group) is 1. The highest BCUT2D eigenvalue weighted by Crippen LogP contribution is 2.16. The highest BCUT2D eigenvalue weighted by Gasteiger charge is 2.28. The summed E-state index contributed by atoms with van der Waals surface area (Å²) in [7, 11) is 4.13. The summed E-state index contributed by atoms with van der Waals surface area (Å²) >= 11 is 0. The first-order valence-corrected chi connectivity index (χ1v) is 7.15. The molecule has 0 aliphatic carbocycles. The van der Waals surface area contributed by atoms with Gasteiger partial charge in [-0.2, -0.15) is 0 Å². The van der Waals surface area contributed by atoms with E-state index in [1.807, 2.05) is 20.8 Å². The average molecular weight is 347 g/mol. The van der Waals surface area contributed by atoms with Crippen molar-refractivity contribution in [3.05, 3.63) is 0 Å². The van der Waals surface area contributed by atoms with Crippen LogP contribution in [0, 0.1) is 17.3 Å². The van der Waals surface area contributed by atoms with Crippen molar-refractivity contribution >= 4 is 5.78 Å². The predicted molar refractivity (Wildman–Crippen MR) is 81.9 cm³/mol. The van der Waals surface area contributed by atoms with Gasteiger partial charge in [-0.3, -0.25) is 9.69 Å². The highest BCUT2D eigenvalue weighted by molar-refractivity contribution is 5.84. The normalized spacial score (nSPS) is 11.6. The van der Waals surface area contributed by atoms with Crippen molar-refractivity contribution in [2.45, 2.75) is 34.6 Å². The third-order valence-electron chi connectivity index (χ3n) is 3.24. The number of nitrogens with zero attached hydrogens (tertiary/aromatic N) is 2. The van der Waals surface area contributed by atoms with E-state index in [9.17, 15) is 4.79 Å². The van der Waals surface area contributed by atoms with E-state index in [0.29, 0.717) is 16.8 Å². The Morgan fingerprint density at radius 2 is 1.60 bits per heavy atom. The van der Waals surface area contributed by atoms with Crippen molar-refractivity contribution in [1.82, 2.24) is 4.90 Å². The van der Waals surface area contributed by atoms with Crippen LogP contribution in [-0.4, -0.2) is 62.0 Å². The molecule has 0 spiro atoms. The summed E-state index contributed by atoms with van der Waals surface area (Å²) in [5.74, 6) is 6.71. The standard InChI is InChI=1S/C16H31N2O.BrH/c1-8-17(9-2)12-10-11-13-18(6,7)14-15(19)16(3,4)5;/h8-9,12-14H2,1-7H3;1H/q+1;/p-1. The van der Waals surface area contributed by atoms with Gasteiger partial charge in [0, 0.05) is 5.41 Å². The number of rotatable bonds is 6. The van der Waals surface area contributed by atoms with Crippen LogP contribution in [0.3, 0.4) is 0 Å². The van der Waals surface area contributed by atoms with Crippen molar-refractivity contribution in [2.75, 3.05) is 46.8 Å². The molecule has 0 rings (SSSR count). The van der Waals surface area contributed by atoms with E-state index in [1.54, 1.807) is 0 Å². The molecule has 0 amide bonds. The molecule has 118 valence electrons. The zero-order chi connectivity index (χ0) is 15.1. The lowest BCUT2D eigenvalue weighted by atomic mass is 9.90. The molecule has 0 N–H and O–H groups in total. The molecule has 3 nitrogen and oxygen atoms in total. The van der Waals surface area contributed by atoms with Crippen molar-refractivity contribution in [2.24, 2.45) is 5.41 Å². The molecule has 0 bridgehead atoms. The zero-order valence-electron chi connectivity index (χ0n) is 14.2. The second-order valence-electron chi connectivity index (χ2n) is 6.74. The Kier molecular flexibility index (Phi) is 10.5. The van der Waals surface area contributed by atoms with E-state index in [-0.39, 0.29) is 22.4 Å². The van der Waals surface area contributed by atoms with E-state index in [2.05, 4.69) is 44.7 Å². The first kappa shape index (κ1) is 21.9.